The Morgan fingerprint density at radius 1 is 1.38 bits per heavy atom. The maximum atomic E-state index is 5.97. The number of rotatable bonds is 3. The van der Waals surface area contributed by atoms with Crippen LogP contribution in [0.2, 0.25) is 0 Å². The van der Waals surface area contributed by atoms with Crippen molar-refractivity contribution in [2.75, 3.05) is 29.1 Å². The average Bonchev–Trinajstić information content (AvgIpc) is 2.29. The van der Waals surface area contributed by atoms with E-state index in [9.17, 15) is 0 Å². The van der Waals surface area contributed by atoms with E-state index in [-0.39, 0.29) is 0 Å². The zero-order valence-corrected chi connectivity index (χ0v) is 10.6. The molecule has 1 aromatic rings. The first kappa shape index (κ1) is 11.6. The van der Waals surface area contributed by atoms with Crippen LogP contribution in [-0.2, 0) is 0 Å². The molecule has 0 unspecified atom stereocenters. The highest BCUT2D eigenvalue weighted by Crippen LogP contribution is 2.25. The number of thioether (sulfide) groups is 1. The molecule has 2 rings (SSSR count). The van der Waals surface area contributed by atoms with Crippen molar-refractivity contribution < 1.29 is 0 Å². The number of aryl methyl sites for hydroxylation is 1. The van der Waals surface area contributed by atoms with Crippen molar-refractivity contribution in [2.45, 2.75) is 19.8 Å². The minimum atomic E-state index is 0.821. The molecule has 0 amide bonds. The first-order valence-electron chi connectivity index (χ1n) is 5.93. The van der Waals surface area contributed by atoms with Gasteiger partial charge in [0.25, 0.3) is 0 Å². The standard InChI is InChI=1S/C13H20N2S/c1-10-2-3-13(12(14)8-10)15-9-11-4-6-16-7-5-11/h2-3,8,11,15H,4-7,9,14H2,1H3. The highest BCUT2D eigenvalue weighted by Gasteiger charge is 2.13. The highest BCUT2D eigenvalue weighted by atomic mass is 32.2. The third-order valence-corrected chi connectivity index (χ3v) is 4.18. The maximum Gasteiger partial charge on any atom is 0.0574 e. The third kappa shape index (κ3) is 3.08. The molecule has 0 saturated carbocycles. The lowest BCUT2D eigenvalue weighted by molar-refractivity contribution is 0.516. The van der Waals surface area contributed by atoms with Gasteiger partial charge in [0.15, 0.2) is 0 Å². The topological polar surface area (TPSA) is 38.0 Å². The van der Waals surface area contributed by atoms with E-state index >= 15 is 0 Å². The molecule has 1 saturated heterocycles. The fraction of sp³-hybridized carbons (Fsp3) is 0.538. The van der Waals surface area contributed by atoms with Crippen LogP contribution >= 0.6 is 11.8 Å². The van der Waals surface area contributed by atoms with E-state index in [4.69, 9.17) is 5.73 Å². The van der Waals surface area contributed by atoms with Gasteiger partial charge in [-0.3, -0.25) is 0 Å². The zero-order chi connectivity index (χ0) is 11.4. The molecule has 1 aromatic carbocycles. The zero-order valence-electron chi connectivity index (χ0n) is 9.83. The Hall–Kier alpha value is -0.830. The molecule has 88 valence electrons. The lowest BCUT2D eigenvalue weighted by Gasteiger charge is -2.22. The summed E-state index contributed by atoms with van der Waals surface area (Å²) in [5.74, 6) is 3.45. The van der Waals surface area contributed by atoms with Crippen LogP contribution in [0.4, 0.5) is 11.4 Å². The summed E-state index contributed by atoms with van der Waals surface area (Å²) in [5.41, 5.74) is 9.14. The number of nitrogen functional groups attached to an aromatic ring is 1. The summed E-state index contributed by atoms with van der Waals surface area (Å²) < 4.78 is 0. The van der Waals surface area contributed by atoms with Gasteiger partial charge in [-0.2, -0.15) is 11.8 Å². The van der Waals surface area contributed by atoms with Gasteiger partial charge in [-0.25, -0.2) is 0 Å². The van der Waals surface area contributed by atoms with Crippen LogP contribution in [0.1, 0.15) is 18.4 Å². The van der Waals surface area contributed by atoms with Crippen molar-refractivity contribution in [3.8, 4) is 0 Å². The van der Waals surface area contributed by atoms with Gasteiger partial charge < -0.3 is 11.1 Å². The van der Waals surface area contributed by atoms with E-state index in [0.717, 1.165) is 23.8 Å². The van der Waals surface area contributed by atoms with Crippen LogP contribution in [0.5, 0.6) is 0 Å². The second kappa shape index (κ2) is 5.48. The number of benzene rings is 1. The van der Waals surface area contributed by atoms with Gasteiger partial charge in [0.05, 0.1) is 11.4 Å². The molecule has 0 aromatic heterocycles. The van der Waals surface area contributed by atoms with Gasteiger partial charge in [-0.05, 0) is 54.9 Å². The minimum absolute atomic E-state index is 0.821. The Kier molecular flexibility index (Phi) is 3.99. The number of hydrogen-bond donors (Lipinski definition) is 2. The lowest BCUT2D eigenvalue weighted by atomic mass is 10.0. The van der Waals surface area contributed by atoms with Crippen molar-refractivity contribution in [3.05, 3.63) is 23.8 Å². The van der Waals surface area contributed by atoms with Crippen molar-refractivity contribution in [3.63, 3.8) is 0 Å². The summed E-state index contributed by atoms with van der Waals surface area (Å²) in [5, 5.41) is 3.48. The monoisotopic (exact) mass is 236 g/mol. The number of nitrogens with two attached hydrogens (primary N) is 1. The quantitative estimate of drug-likeness (QED) is 0.792. The molecule has 3 heteroatoms. The van der Waals surface area contributed by atoms with Gasteiger partial charge in [0.1, 0.15) is 0 Å². The van der Waals surface area contributed by atoms with Crippen molar-refractivity contribution >= 4 is 23.1 Å². The first-order chi connectivity index (χ1) is 7.75. The third-order valence-electron chi connectivity index (χ3n) is 3.13. The van der Waals surface area contributed by atoms with Crippen LogP contribution in [0.25, 0.3) is 0 Å². The molecule has 0 spiro atoms. The van der Waals surface area contributed by atoms with E-state index in [1.54, 1.807) is 0 Å². The molecular formula is C13H20N2S. The summed E-state index contributed by atoms with van der Waals surface area (Å²) >= 11 is 2.07. The second-order valence-electron chi connectivity index (χ2n) is 4.53. The largest absolute Gasteiger partial charge is 0.397 e. The Bertz CT molecular complexity index is 346. The van der Waals surface area contributed by atoms with Crippen molar-refractivity contribution in [2.24, 2.45) is 5.92 Å². The molecule has 3 N–H and O–H groups in total. The van der Waals surface area contributed by atoms with Gasteiger partial charge >= 0.3 is 0 Å². The molecule has 1 heterocycles. The minimum Gasteiger partial charge on any atom is -0.397 e. The molecule has 0 aliphatic carbocycles. The van der Waals surface area contributed by atoms with Gasteiger partial charge in [0, 0.05) is 6.54 Å². The summed E-state index contributed by atoms with van der Waals surface area (Å²) in [4.78, 5) is 0. The number of nitrogens with one attached hydrogen (secondary N) is 1. The van der Waals surface area contributed by atoms with Gasteiger partial charge in [0.2, 0.25) is 0 Å². The molecule has 1 aliphatic heterocycles. The fourth-order valence-electron chi connectivity index (χ4n) is 2.05. The SMILES string of the molecule is Cc1ccc(NCC2CCSCC2)c(N)c1. The molecule has 1 aliphatic rings. The molecule has 2 nitrogen and oxygen atoms in total. The first-order valence-corrected chi connectivity index (χ1v) is 7.09. The maximum absolute atomic E-state index is 5.97. The Morgan fingerprint density at radius 2 is 2.12 bits per heavy atom. The van der Waals surface area contributed by atoms with Crippen molar-refractivity contribution in [1.29, 1.82) is 0 Å². The fourth-order valence-corrected chi connectivity index (χ4v) is 3.25. The van der Waals surface area contributed by atoms with E-state index in [0.29, 0.717) is 0 Å². The van der Waals surface area contributed by atoms with Gasteiger partial charge in [-0.1, -0.05) is 6.07 Å². The van der Waals surface area contributed by atoms with Crippen LogP contribution in [0.15, 0.2) is 18.2 Å². The van der Waals surface area contributed by atoms with Crippen LogP contribution in [0, 0.1) is 12.8 Å². The van der Waals surface area contributed by atoms with Crippen LogP contribution < -0.4 is 11.1 Å². The van der Waals surface area contributed by atoms with E-state index in [1.165, 1.54) is 29.9 Å². The summed E-state index contributed by atoms with van der Waals surface area (Å²) in [6.45, 7) is 3.13. The molecule has 0 radical (unpaired) electrons. The Morgan fingerprint density at radius 3 is 2.81 bits per heavy atom. The molecule has 0 atom stereocenters. The molecule has 0 bridgehead atoms. The molecule has 1 fully saturated rings. The second-order valence-corrected chi connectivity index (χ2v) is 5.75. The van der Waals surface area contributed by atoms with E-state index in [2.05, 4.69) is 36.1 Å². The van der Waals surface area contributed by atoms with E-state index in [1.807, 2.05) is 6.07 Å². The summed E-state index contributed by atoms with van der Waals surface area (Å²) in [7, 11) is 0. The molecule has 16 heavy (non-hydrogen) atoms. The van der Waals surface area contributed by atoms with Gasteiger partial charge in [-0.15, -0.1) is 0 Å². The molecular weight excluding hydrogens is 216 g/mol. The smallest absolute Gasteiger partial charge is 0.0574 e. The van der Waals surface area contributed by atoms with E-state index < -0.39 is 0 Å². The van der Waals surface area contributed by atoms with Crippen LogP contribution in [0.3, 0.4) is 0 Å². The number of anilines is 2. The van der Waals surface area contributed by atoms with Crippen molar-refractivity contribution in [1.82, 2.24) is 0 Å². The Labute approximate surface area is 102 Å². The lowest BCUT2D eigenvalue weighted by Crippen LogP contribution is -2.19. The normalized spacial score (nSPS) is 17.3. The van der Waals surface area contributed by atoms with Crippen LogP contribution in [-0.4, -0.2) is 18.1 Å². The number of hydrogen-bond acceptors (Lipinski definition) is 3. The predicted molar refractivity (Wildman–Crippen MR) is 74.1 cm³/mol. The summed E-state index contributed by atoms with van der Waals surface area (Å²) in [6.07, 6.45) is 2.67. The predicted octanol–water partition coefficient (Wildman–Crippen LogP) is 3.13. The Balaban J connectivity index is 1.88. The summed E-state index contributed by atoms with van der Waals surface area (Å²) in [6, 6.07) is 6.22. The highest BCUT2D eigenvalue weighted by molar-refractivity contribution is 7.99. The average molecular weight is 236 g/mol.